The normalized spacial score (nSPS) is 10.9. The van der Waals surface area contributed by atoms with Gasteiger partial charge in [0.1, 0.15) is 5.75 Å². The summed E-state index contributed by atoms with van der Waals surface area (Å²) in [5.74, 6) is 1.11. The number of ether oxygens (including phenoxy) is 1. The van der Waals surface area contributed by atoms with Gasteiger partial charge in [-0.25, -0.2) is 0 Å². The monoisotopic (exact) mass is 479 g/mol. The summed E-state index contributed by atoms with van der Waals surface area (Å²) >= 11 is 0. The standard InChI is InChI=1S/C30H37NO2.ClH/c1-5-31(6-2)18-13-19-33-30-23(3)20-27(21-24(30)4)29(32)22-28(25-14-9-7-10-15-25)26-16-11-8-12-17-26;/h7-12,14-17,20-21,28H,5-6,13,18-19,22H2,1-4H3;1H. The number of carbonyl (C=O) groups is 1. The molecule has 0 bridgehead atoms. The molecule has 0 aliphatic carbocycles. The van der Waals surface area contributed by atoms with Crippen molar-refractivity contribution in [3.63, 3.8) is 0 Å². The van der Waals surface area contributed by atoms with Crippen molar-refractivity contribution in [2.24, 2.45) is 0 Å². The van der Waals surface area contributed by atoms with Crippen molar-refractivity contribution in [3.8, 4) is 5.75 Å². The third kappa shape index (κ3) is 7.44. The van der Waals surface area contributed by atoms with Crippen molar-refractivity contribution < 1.29 is 9.53 Å². The van der Waals surface area contributed by atoms with Gasteiger partial charge in [-0.05, 0) is 67.7 Å². The van der Waals surface area contributed by atoms with Crippen LogP contribution in [0.3, 0.4) is 0 Å². The number of carbonyl (C=O) groups excluding carboxylic acids is 1. The molecule has 3 nitrogen and oxygen atoms in total. The highest BCUT2D eigenvalue weighted by molar-refractivity contribution is 5.97. The fourth-order valence-electron chi connectivity index (χ4n) is 4.44. The minimum Gasteiger partial charge on any atom is -0.493 e. The summed E-state index contributed by atoms with van der Waals surface area (Å²) in [7, 11) is 0. The zero-order valence-electron chi connectivity index (χ0n) is 20.9. The number of ketones is 1. The van der Waals surface area contributed by atoms with Gasteiger partial charge in [0.2, 0.25) is 0 Å². The number of benzene rings is 3. The molecule has 3 aromatic carbocycles. The molecular weight excluding hydrogens is 442 g/mol. The number of nitrogens with zero attached hydrogens (tertiary/aromatic N) is 1. The second-order valence-electron chi connectivity index (χ2n) is 8.67. The predicted molar refractivity (Wildman–Crippen MR) is 145 cm³/mol. The minimum absolute atomic E-state index is 0. The van der Waals surface area contributed by atoms with Crippen molar-refractivity contribution in [2.75, 3.05) is 26.2 Å². The van der Waals surface area contributed by atoms with Crippen molar-refractivity contribution >= 4 is 18.2 Å². The van der Waals surface area contributed by atoms with E-state index >= 15 is 0 Å². The van der Waals surface area contributed by atoms with Crippen molar-refractivity contribution in [3.05, 3.63) is 101 Å². The Kier molecular flexibility index (Phi) is 11.3. The van der Waals surface area contributed by atoms with Crippen molar-refractivity contribution in [2.45, 2.75) is 46.5 Å². The largest absolute Gasteiger partial charge is 0.493 e. The molecule has 0 saturated carbocycles. The third-order valence-electron chi connectivity index (χ3n) is 6.34. The maximum atomic E-state index is 13.4. The fraction of sp³-hybridized carbons (Fsp3) is 0.367. The van der Waals surface area contributed by atoms with Crippen LogP contribution in [0.4, 0.5) is 0 Å². The van der Waals surface area contributed by atoms with E-state index in [4.69, 9.17) is 4.74 Å². The average Bonchev–Trinajstić information content (AvgIpc) is 2.84. The van der Waals surface area contributed by atoms with Gasteiger partial charge in [-0.15, -0.1) is 12.4 Å². The Labute approximate surface area is 211 Å². The van der Waals surface area contributed by atoms with E-state index in [1.807, 2.05) is 62.4 Å². The molecule has 0 radical (unpaired) electrons. The topological polar surface area (TPSA) is 29.5 Å². The number of hydrogen-bond acceptors (Lipinski definition) is 3. The molecule has 0 fully saturated rings. The van der Waals surface area contributed by atoms with Gasteiger partial charge in [-0.1, -0.05) is 74.5 Å². The maximum Gasteiger partial charge on any atom is 0.163 e. The van der Waals surface area contributed by atoms with E-state index < -0.39 is 0 Å². The zero-order valence-corrected chi connectivity index (χ0v) is 21.7. The molecule has 3 aromatic rings. The quantitative estimate of drug-likeness (QED) is 0.202. The molecular formula is C30H38ClNO2. The molecule has 0 saturated heterocycles. The minimum atomic E-state index is 0. The summed E-state index contributed by atoms with van der Waals surface area (Å²) in [6.07, 6.45) is 1.44. The second-order valence-corrected chi connectivity index (χ2v) is 8.67. The number of Topliss-reactive ketones (excluding diaryl/α,β-unsaturated/α-hetero) is 1. The first kappa shape index (κ1) is 27.6. The van der Waals surface area contributed by atoms with E-state index in [-0.39, 0.29) is 24.1 Å². The van der Waals surface area contributed by atoms with Gasteiger partial charge in [-0.2, -0.15) is 0 Å². The lowest BCUT2D eigenvalue weighted by Gasteiger charge is -2.20. The molecule has 0 aromatic heterocycles. The number of halogens is 1. The van der Waals surface area contributed by atoms with Crippen LogP contribution in [-0.2, 0) is 0 Å². The van der Waals surface area contributed by atoms with E-state index in [0.29, 0.717) is 13.0 Å². The van der Waals surface area contributed by atoms with E-state index in [0.717, 1.165) is 48.5 Å². The highest BCUT2D eigenvalue weighted by atomic mass is 35.5. The highest BCUT2D eigenvalue weighted by Gasteiger charge is 2.20. The van der Waals surface area contributed by atoms with Gasteiger partial charge >= 0.3 is 0 Å². The van der Waals surface area contributed by atoms with Crippen LogP contribution in [0, 0.1) is 13.8 Å². The van der Waals surface area contributed by atoms with Gasteiger partial charge in [-0.3, -0.25) is 4.79 Å². The maximum absolute atomic E-state index is 13.4. The molecule has 3 rings (SSSR count). The molecule has 34 heavy (non-hydrogen) atoms. The highest BCUT2D eigenvalue weighted by Crippen LogP contribution is 2.31. The Morgan fingerprint density at radius 1 is 0.853 bits per heavy atom. The number of aryl methyl sites for hydroxylation is 2. The fourth-order valence-corrected chi connectivity index (χ4v) is 4.44. The van der Waals surface area contributed by atoms with E-state index in [1.54, 1.807) is 0 Å². The van der Waals surface area contributed by atoms with Crippen molar-refractivity contribution in [1.29, 1.82) is 0 Å². The molecule has 0 aliphatic rings. The number of hydrogen-bond donors (Lipinski definition) is 0. The average molecular weight is 480 g/mol. The first-order valence-corrected chi connectivity index (χ1v) is 12.1. The van der Waals surface area contributed by atoms with Crippen LogP contribution in [0.2, 0.25) is 0 Å². The van der Waals surface area contributed by atoms with Gasteiger partial charge in [0.15, 0.2) is 5.78 Å². The van der Waals surface area contributed by atoms with Gasteiger partial charge in [0.05, 0.1) is 6.61 Å². The van der Waals surface area contributed by atoms with E-state index in [9.17, 15) is 4.79 Å². The lowest BCUT2D eigenvalue weighted by atomic mass is 9.85. The van der Waals surface area contributed by atoms with Crippen LogP contribution in [0.15, 0.2) is 72.8 Å². The van der Waals surface area contributed by atoms with Crippen LogP contribution < -0.4 is 4.74 Å². The van der Waals surface area contributed by atoms with E-state index in [1.165, 1.54) is 11.1 Å². The molecule has 0 unspecified atom stereocenters. The Balaban J connectivity index is 0.00000408. The van der Waals surface area contributed by atoms with E-state index in [2.05, 4.69) is 43.0 Å². The SMILES string of the molecule is CCN(CC)CCCOc1c(C)cc(C(=O)CC(c2ccccc2)c2ccccc2)cc1C.Cl. The summed E-state index contributed by atoms with van der Waals surface area (Å²) in [4.78, 5) is 15.8. The first-order chi connectivity index (χ1) is 16.0. The smallest absolute Gasteiger partial charge is 0.163 e. The van der Waals surface area contributed by atoms with Gasteiger partial charge in [0, 0.05) is 24.4 Å². The molecule has 0 amide bonds. The summed E-state index contributed by atoms with van der Waals surface area (Å²) in [6.45, 7) is 12.3. The Bertz CT molecular complexity index is 954. The molecule has 0 N–H and O–H groups in total. The summed E-state index contributed by atoms with van der Waals surface area (Å²) in [5.41, 5.74) is 5.14. The molecule has 0 atom stereocenters. The van der Waals surface area contributed by atoms with Crippen molar-refractivity contribution in [1.82, 2.24) is 4.90 Å². The molecule has 182 valence electrons. The Morgan fingerprint density at radius 2 is 1.35 bits per heavy atom. The summed E-state index contributed by atoms with van der Waals surface area (Å²) in [6, 6.07) is 24.6. The predicted octanol–water partition coefficient (Wildman–Crippen LogP) is 7.24. The van der Waals surface area contributed by atoms with Crippen LogP contribution in [-0.4, -0.2) is 36.9 Å². The van der Waals surface area contributed by atoms with Gasteiger partial charge < -0.3 is 9.64 Å². The number of rotatable bonds is 12. The van der Waals surface area contributed by atoms with Crippen LogP contribution >= 0.6 is 12.4 Å². The third-order valence-corrected chi connectivity index (χ3v) is 6.34. The Hall–Kier alpha value is -2.62. The molecule has 0 spiro atoms. The molecule has 4 heteroatoms. The second kappa shape index (κ2) is 13.9. The van der Waals surface area contributed by atoms with Crippen LogP contribution in [0.25, 0.3) is 0 Å². The summed E-state index contributed by atoms with van der Waals surface area (Å²) in [5, 5.41) is 0. The van der Waals surface area contributed by atoms with Gasteiger partial charge in [0.25, 0.3) is 0 Å². The van der Waals surface area contributed by atoms with Crippen LogP contribution in [0.5, 0.6) is 5.75 Å². The lowest BCUT2D eigenvalue weighted by molar-refractivity contribution is 0.0977. The summed E-state index contributed by atoms with van der Waals surface area (Å²) < 4.78 is 6.12. The molecule has 0 heterocycles. The lowest BCUT2D eigenvalue weighted by Crippen LogP contribution is -2.25. The Morgan fingerprint density at radius 3 is 1.82 bits per heavy atom. The van der Waals surface area contributed by atoms with Crippen LogP contribution in [0.1, 0.15) is 65.2 Å². The first-order valence-electron chi connectivity index (χ1n) is 12.1. The molecule has 0 aliphatic heterocycles. The zero-order chi connectivity index (χ0) is 23.6.